The number of likely N-dealkylation sites (tertiary alicyclic amines) is 1. The second-order valence-corrected chi connectivity index (χ2v) is 5.77. The number of aromatic nitrogens is 1. The lowest BCUT2D eigenvalue weighted by atomic mass is 10.0. The summed E-state index contributed by atoms with van der Waals surface area (Å²) in [6.45, 7) is 0.510. The lowest BCUT2D eigenvalue weighted by molar-refractivity contribution is -0.143. The average molecular weight is 290 g/mol. The van der Waals surface area contributed by atoms with Crippen LogP contribution in [-0.4, -0.2) is 39.5 Å². The average Bonchev–Trinajstić information content (AvgIpc) is 2.93. The Labute approximate surface area is 119 Å². The summed E-state index contributed by atoms with van der Waals surface area (Å²) in [7, 11) is 0. The molecule has 1 fully saturated rings. The molecule has 1 saturated heterocycles. The van der Waals surface area contributed by atoms with Gasteiger partial charge in [-0.3, -0.25) is 4.79 Å². The normalized spacial score (nSPS) is 19.2. The number of carbonyl (C=O) groups is 2. The van der Waals surface area contributed by atoms with Crippen molar-refractivity contribution in [3.8, 4) is 0 Å². The van der Waals surface area contributed by atoms with E-state index in [2.05, 4.69) is 4.98 Å². The molecule has 2 heterocycles. The summed E-state index contributed by atoms with van der Waals surface area (Å²) in [6.07, 6.45) is 2.25. The number of aliphatic carboxylic acids is 1. The van der Waals surface area contributed by atoms with E-state index in [4.69, 9.17) is 0 Å². The third-order valence-corrected chi connectivity index (χ3v) is 4.42. The Bertz CT molecular complexity index is 667. The Morgan fingerprint density at radius 3 is 3.00 bits per heavy atom. The van der Waals surface area contributed by atoms with Crippen LogP contribution in [0.4, 0.5) is 0 Å². The third-order valence-electron chi connectivity index (χ3n) is 3.63. The van der Waals surface area contributed by atoms with Gasteiger partial charge >= 0.3 is 5.97 Å². The number of rotatable bonds is 2. The molecule has 3 rings (SSSR count). The van der Waals surface area contributed by atoms with Gasteiger partial charge in [0.25, 0.3) is 5.91 Å². The molecule has 0 aliphatic carbocycles. The number of nitrogens with zero attached hydrogens (tertiary/aromatic N) is 2. The Balaban J connectivity index is 1.91. The van der Waals surface area contributed by atoms with Crippen LogP contribution in [0.3, 0.4) is 0 Å². The van der Waals surface area contributed by atoms with Gasteiger partial charge in [0.1, 0.15) is 6.04 Å². The minimum atomic E-state index is -0.920. The van der Waals surface area contributed by atoms with Crippen molar-refractivity contribution in [3.63, 3.8) is 0 Å². The molecule has 0 spiro atoms. The highest BCUT2D eigenvalue weighted by Gasteiger charge is 2.32. The molecule has 1 unspecified atom stereocenters. The Morgan fingerprint density at radius 1 is 1.35 bits per heavy atom. The topological polar surface area (TPSA) is 70.5 Å². The molecule has 1 aliphatic rings. The number of carbonyl (C=O) groups excluding carboxylic acids is 1. The van der Waals surface area contributed by atoms with Gasteiger partial charge in [0, 0.05) is 12.1 Å². The molecule has 1 N–H and O–H groups in total. The molecule has 1 atom stereocenters. The molecule has 2 aromatic rings. The smallest absolute Gasteiger partial charge is 0.326 e. The molecule has 5 nitrogen and oxygen atoms in total. The molecule has 104 valence electrons. The highest BCUT2D eigenvalue weighted by atomic mass is 32.1. The van der Waals surface area contributed by atoms with Gasteiger partial charge in [-0.05, 0) is 37.5 Å². The summed E-state index contributed by atoms with van der Waals surface area (Å²) in [5.41, 5.74) is 3.13. The second-order valence-electron chi connectivity index (χ2n) is 4.88. The monoisotopic (exact) mass is 290 g/mol. The summed E-state index contributed by atoms with van der Waals surface area (Å²) in [6, 6.07) is 4.62. The first-order valence-corrected chi connectivity index (χ1v) is 7.42. The van der Waals surface area contributed by atoms with Crippen LogP contribution in [-0.2, 0) is 4.79 Å². The standard InChI is InChI=1S/C14H14N2O3S/c17-13(16-6-2-1-3-11(16)14(18)19)9-4-5-10-12(7-9)20-8-15-10/h4-5,7-8,11H,1-3,6H2,(H,18,19). The predicted molar refractivity (Wildman–Crippen MR) is 75.9 cm³/mol. The number of piperidine rings is 1. The quantitative estimate of drug-likeness (QED) is 0.921. The minimum absolute atomic E-state index is 0.201. The molecule has 1 aromatic heterocycles. The number of fused-ring (bicyclic) bond motifs is 1. The predicted octanol–water partition coefficient (Wildman–Crippen LogP) is 2.38. The van der Waals surface area contributed by atoms with Gasteiger partial charge in [0.15, 0.2) is 0 Å². The largest absolute Gasteiger partial charge is 0.480 e. The number of carboxylic acid groups (broad SMARTS) is 1. The molecule has 0 saturated carbocycles. The van der Waals surface area contributed by atoms with Gasteiger partial charge in [-0.2, -0.15) is 0 Å². The fourth-order valence-electron chi connectivity index (χ4n) is 2.59. The fourth-order valence-corrected chi connectivity index (χ4v) is 3.30. The highest BCUT2D eigenvalue weighted by Crippen LogP contribution is 2.23. The van der Waals surface area contributed by atoms with Crippen molar-refractivity contribution in [2.75, 3.05) is 6.54 Å². The van der Waals surface area contributed by atoms with Crippen molar-refractivity contribution in [3.05, 3.63) is 29.3 Å². The van der Waals surface area contributed by atoms with E-state index in [1.165, 1.54) is 16.2 Å². The Morgan fingerprint density at radius 2 is 2.20 bits per heavy atom. The fraction of sp³-hybridized carbons (Fsp3) is 0.357. The van der Waals surface area contributed by atoms with Gasteiger partial charge in [0.05, 0.1) is 15.7 Å². The summed E-state index contributed by atoms with van der Waals surface area (Å²) >= 11 is 1.47. The second kappa shape index (κ2) is 5.20. The SMILES string of the molecule is O=C(O)C1CCCCN1C(=O)c1ccc2ncsc2c1. The zero-order valence-corrected chi connectivity index (χ0v) is 11.6. The molecular weight excluding hydrogens is 276 g/mol. The maximum absolute atomic E-state index is 12.5. The minimum Gasteiger partial charge on any atom is -0.480 e. The first-order valence-electron chi connectivity index (χ1n) is 6.54. The molecule has 20 heavy (non-hydrogen) atoms. The van der Waals surface area contributed by atoms with Crippen molar-refractivity contribution >= 4 is 33.4 Å². The first kappa shape index (κ1) is 13.1. The van der Waals surface area contributed by atoms with Gasteiger partial charge < -0.3 is 10.0 Å². The molecular formula is C14H14N2O3S. The van der Waals surface area contributed by atoms with Gasteiger partial charge in [0.2, 0.25) is 0 Å². The van der Waals surface area contributed by atoms with Crippen LogP contribution >= 0.6 is 11.3 Å². The van der Waals surface area contributed by atoms with E-state index in [9.17, 15) is 14.7 Å². The van der Waals surface area contributed by atoms with E-state index in [1.54, 1.807) is 23.7 Å². The summed E-state index contributed by atoms with van der Waals surface area (Å²) in [5, 5.41) is 9.24. The zero-order valence-electron chi connectivity index (χ0n) is 10.8. The molecule has 6 heteroatoms. The van der Waals surface area contributed by atoms with Crippen molar-refractivity contribution < 1.29 is 14.7 Å². The molecule has 1 aromatic carbocycles. The van der Waals surface area contributed by atoms with Crippen LogP contribution in [0.1, 0.15) is 29.6 Å². The van der Waals surface area contributed by atoms with Gasteiger partial charge in [-0.15, -0.1) is 11.3 Å². The van der Waals surface area contributed by atoms with Crippen molar-refractivity contribution in [1.29, 1.82) is 0 Å². The van der Waals surface area contributed by atoms with Crippen molar-refractivity contribution in [2.24, 2.45) is 0 Å². The summed E-state index contributed by atoms with van der Waals surface area (Å²) in [4.78, 5) is 29.5. The van der Waals surface area contributed by atoms with Crippen LogP contribution < -0.4 is 0 Å². The number of carboxylic acids is 1. The van der Waals surface area contributed by atoms with E-state index < -0.39 is 12.0 Å². The molecule has 1 aliphatic heterocycles. The lowest BCUT2D eigenvalue weighted by Crippen LogP contribution is -2.47. The van der Waals surface area contributed by atoms with E-state index in [0.717, 1.165) is 23.1 Å². The lowest BCUT2D eigenvalue weighted by Gasteiger charge is -2.33. The molecule has 0 bridgehead atoms. The van der Waals surface area contributed by atoms with Crippen LogP contribution in [0.5, 0.6) is 0 Å². The van der Waals surface area contributed by atoms with E-state index in [0.29, 0.717) is 18.5 Å². The van der Waals surface area contributed by atoms with E-state index in [-0.39, 0.29) is 5.91 Å². The Hall–Kier alpha value is -1.95. The molecule has 1 amide bonds. The van der Waals surface area contributed by atoms with Crippen LogP contribution in [0, 0.1) is 0 Å². The molecule has 0 radical (unpaired) electrons. The zero-order chi connectivity index (χ0) is 14.1. The Kier molecular flexibility index (Phi) is 3.40. The maximum atomic E-state index is 12.5. The van der Waals surface area contributed by atoms with E-state index >= 15 is 0 Å². The van der Waals surface area contributed by atoms with Crippen LogP contribution in [0.2, 0.25) is 0 Å². The summed E-state index contributed by atoms with van der Waals surface area (Å²) < 4.78 is 0.944. The van der Waals surface area contributed by atoms with Gasteiger partial charge in [-0.25, -0.2) is 9.78 Å². The van der Waals surface area contributed by atoms with Gasteiger partial charge in [-0.1, -0.05) is 0 Å². The van der Waals surface area contributed by atoms with Crippen LogP contribution in [0.15, 0.2) is 23.7 Å². The third kappa shape index (κ3) is 2.27. The first-order chi connectivity index (χ1) is 9.66. The number of hydrogen-bond acceptors (Lipinski definition) is 4. The highest BCUT2D eigenvalue weighted by molar-refractivity contribution is 7.16. The van der Waals surface area contributed by atoms with Crippen molar-refractivity contribution in [1.82, 2.24) is 9.88 Å². The number of amides is 1. The van der Waals surface area contributed by atoms with Crippen LogP contribution in [0.25, 0.3) is 10.2 Å². The number of benzene rings is 1. The number of hydrogen-bond donors (Lipinski definition) is 1. The summed E-state index contributed by atoms with van der Waals surface area (Å²) in [5.74, 6) is -1.12. The van der Waals surface area contributed by atoms with E-state index in [1.807, 2.05) is 0 Å². The van der Waals surface area contributed by atoms with Crippen molar-refractivity contribution in [2.45, 2.75) is 25.3 Å². The number of thiazole rings is 1. The maximum Gasteiger partial charge on any atom is 0.326 e.